The molecule has 1 aliphatic heterocycles. The lowest BCUT2D eigenvalue weighted by atomic mass is 10.0. The molecule has 1 saturated heterocycles. The Morgan fingerprint density at radius 3 is 2.47 bits per heavy atom. The fraction of sp³-hybridized carbons (Fsp3) is 0.407. The van der Waals surface area contributed by atoms with E-state index in [4.69, 9.17) is 14.5 Å². The zero-order valence-electron chi connectivity index (χ0n) is 21.2. The minimum atomic E-state index is 0.0603. The van der Waals surface area contributed by atoms with Crippen LogP contribution in [0.15, 0.2) is 46.6 Å². The van der Waals surface area contributed by atoms with Gasteiger partial charge in [0.05, 0.1) is 30.6 Å². The van der Waals surface area contributed by atoms with Gasteiger partial charge in [0, 0.05) is 36.3 Å². The van der Waals surface area contributed by atoms with Gasteiger partial charge in [-0.1, -0.05) is 30.3 Å². The van der Waals surface area contributed by atoms with Crippen molar-refractivity contribution in [1.29, 1.82) is 0 Å². The largest absolute Gasteiger partial charge is 0.493 e. The Hall–Kier alpha value is -3.33. The zero-order valence-corrected chi connectivity index (χ0v) is 22.0. The third-order valence-corrected chi connectivity index (χ3v) is 7.87. The lowest BCUT2D eigenvalue weighted by Crippen LogP contribution is -2.39. The van der Waals surface area contributed by atoms with Gasteiger partial charge in [0.25, 0.3) is 5.56 Å². The minimum absolute atomic E-state index is 0.0603. The number of ether oxygens (including phenoxy) is 2. The highest BCUT2D eigenvalue weighted by atomic mass is 32.2. The maximum atomic E-state index is 13.7. The predicted molar refractivity (Wildman–Crippen MR) is 145 cm³/mol. The Morgan fingerprint density at radius 2 is 1.75 bits per heavy atom. The second kappa shape index (κ2) is 10.3. The van der Waals surface area contributed by atoms with Crippen molar-refractivity contribution >= 4 is 39.4 Å². The van der Waals surface area contributed by atoms with Crippen LogP contribution in [-0.4, -0.2) is 52.6 Å². The number of benzene rings is 2. The quantitative estimate of drug-likeness (QED) is 0.256. The summed E-state index contributed by atoms with van der Waals surface area (Å²) in [5, 5.41) is 2.44. The first kappa shape index (κ1) is 24.4. The Morgan fingerprint density at radius 1 is 1.00 bits per heavy atom. The van der Waals surface area contributed by atoms with Crippen molar-refractivity contribution in [2.45, 2.75) is 44.3 Å². The van der Waals surface area contributed by atoms with E-state index in [1.54, 1.807) is 32.3 Å². The van der Waals surface area contributed by atoms with Gasteiger partial charge < -0.3 is 14.4 Å². The van der Waals surface area contributed by atoms with Crippen LogP contribution in [0.5, 0.6) is 11.5 Å². The van der Waals surface area contributed by atoms with Crippen molar-refractivity contribution in [1.82, 2.24) is 19.5 Å². The average molecular weight is 506 g/mol. The molecule has 0 amide bonds. The van der Waals surface area contributed by atoms with Gasteiger partial charge in [0.1, 0.15) is 12.1 Å². The standard InChI is InChI=1S/C27H31N5O3S/c1-5-12-36-27-30-21-7-6-17(2)13-20(21)26(33)32(27)18-8-10-31(11-9-18)25-19-14-23(34-3)24(35-4)15-22(19)28-16-29-25/h6-7,13-16,18H,5,8-12H2,1-4H3. The number of aryl methyl sites for hydroxylation is 1. The molecule has 4 aromatic rings. The fourth-order valence-corrected chi connectivity index (χ4v) is 5.79. The van der Waals surface area contributed by atoms with Gasteiger partial charge in [-0.25, -0.2) is 15.0 Å². The Kier molecular flexibility index (Phi) is 7.00. The molecule has 188 valence electrons. The smallest absolute Gasteiger partial charge is 0.262 e. The van der Waals surface area contributed by atoms with E-state index in [1.165, 1.54) is 0 Å². The fourth-order valence-electron chi connectivity index (χ4n) is 4.87. The summed E-state index contributed by atoms with van der Waals surface area (Å²) in [5.74, 6) is 3.10. The summed E-state index contributed by atoms with van der Waals surface area (Å²) < 4.78 is 12.9. The summed E-state index contributed by atoms with van der Waals surface area (Å²) in [6, 6.07) is 9.84. The van der Waals surface area contributed by atoms with Gasteiger partial charge in [-0.05, 0) is 44.4 Å². The number of thioether (sulfide) groups is 1. The number of anilines is 1. The molecular weight excluding hydrogens is 474 g/mol. The van der Waals surface area contributed by atoms with Crippen molar-refractivity contribution in [2.24, 2.45) is 0 Å². The van der Waals surface area contributed by atoms with Gasteiger partial charge in [0.2, 0.25) is 0 Å². The van der Waals surface area contributed by atoms with Gasteiger partial charge in [0.15, 0.2) is 16.7 Å². The molecule has 1 fully saturated rings. The molecule has 36 heavy (non-hydrogen) atoms. The molecule has 0 spiro atoms. The summed E-state index contributed by atoms with van der Waals surface area (Å²) in [7, 11) is 3.25. The molecule has 2 aromatic carbocycles. The summed E-state index contributed by atoms with van der Waals surface area (Å²) in [5.41, 5.74) is 2.71. The van der Waals surface area contributed by atoms with Crippen LogP contribution < -0.4 is 19.9 Å². The first-order valence-corrected chi connectivity index (χ1v) is 13.3. The Bertz CT molecular complexity index is 1460. The number of aromatic nitrogens is 4. The summed E-state index contributed by atoms with van der Waals surface area (Å²) in [6.07, 6.45) is 4.28. The molecule has 0 atom stereocenters. The highest BCUT2D eigenvalue weighted by Gasteiger charge is 2.27. The summed E-state index contributed by atoms with van der Waals surface area (Å²) in [4.78, 5) is 29.9. The normalized spacial score (nSPS) is 14.5. The van der Waals surface area contributed by atoms with Crippen LogP contribution in [0, 0.1) is 6.92 Å². The highest BCUT2D eigenvalue weighted by molar-refractivity contribution is 7.99. The molecule has 3 heterocycles. The van der Waals surface area contributed by atoms with Crippen LogP contribution in [-0.2, 0) is 0 Å². The molecule has 0 bridgehead atoms. The molecule has 1 aliphatic rings. The van der Waals surface area contributed by atoms with Crippen molar-refractivity contribution in [2.75, 3.05) is 38.0 Å². The average Bonchev–Trinajstić information content (AvgIpc) is 2.91. The highest BCUT2D eigenvalue weighted by Crippen LogP contribution is 2.36. The van der Waals surface area contributed by atoms with Crippen LogP contribution in [0.1, 0.15) is 37.8 Å². The van der Waals surface area contributed by atoms with Crippen molar-refractivity contribution < 1.29 is 9.47 Å². The van der Waals surface area contributed by atoms with Crippen LogP contribution >= 0.6 is 11.8 Å². The van der Waals surface area contributed by atoms with Crippen molar-refractivity contribution in [3.8, 4) is 11.5 Å². The van der Waals surface area contributed by atoms with Gasteiger partial charge in [-0.15, -0.1) is 0 Å². The number of piperidine rings is 1. The molecule has 0 aliphatic carbocycles. The van der Waals surface area contributed by atoms with E-state index in [9.17, 15) is 4.79 Å². The van der Waals surface area contributed by atoms with Crippen LogP contribution in [0.3, 0.4) is 0 Å². The van der Waals surface area contributed by atoms with E-state index < -0.39 is 0 Å². The van der Waals surface area contributed by atoms with Crippen molar-refractivity contribution in [3.05, 3.63) is 52.6 Å². The summed E-state index contributed by atoms with van der Waals surface area (Å²) in [6.45, 7) is 5.72. The second-order valence-electron chi connectivity index (χ2n) is 9.08. The van der Waals surface area contributed by atoms with E-state index in [0.717, 1.165) is 71.1 Å². The number of nitrogens with zero attached hydrogens (tertiary/aromatic N) is 5. The topological polar surface area (TPSA) is 82.4 Å². The van der Waals surface area contributed by atoms with Crippen molar-refractivity contribution in [3.63, 3.8) is 0 Å². The van der Waals surface area contributed by atoms with E-state index in [1.807, 2.05) is 41.8 Å². The molecular formula is C27H31N5O3S. The third kappa shape index (κ3) is 4.48. The number of fused-ring (bicyclic) bond motifs is 2. The van der Waals surface area contributed by atoms with Crippen LogP contribution in [0.2, 0.25) is 0 Å². The molecule has 9 heteroatoms. The van der Waals surface area contributed by atoms with E-state index in [-0.39, 0.29) is 11.6 Å². The first-order chi connectivity index (χ1) is 17.5. The number of hydrogen-bond donors (Lipinski definition) is 0. The molecule has 2 aromatic heterocycles. The second-order valence-corrected chi connectivity index (χ2v) is 10.1. The zero-order chi connectivity index (χ0) is 25.2. The maximum absolute atomic E-state index is 13.7. The molecule has 0 N–H and O–H groups in total. The Balaban J connectivity index is 1.47. The number of methoxy groups -OCH3 is 2. The SMILES string of the molecule is CCCSc1nc2ccc(C)cc2c(=O)n1C1CCN(c2ncnc3cc(OC)c(OC)cc23)CC1. The first-order valence-electron chi connectivity index (χ1n) is 12.3. The summed E-state index contributed by atoms with van der Waals surface area (Å²) >= 11 is 1.67. The van der Waals surface area contributed by atoms with Gasteiger partial charge >= 0.3 is 0 Å². The number of hydrogen-bond acceptors (Lipinski definition) is 8. The molecule has 8 nitrogen and oxygen atoms in total. The maximum Gasteiger partial charge on any atom is 0.262 e. The van der Waals surface area contributed by atoms with Crippen LogP contribution in [0.25, 0.3) is 21.8 Å². The molecule has 0 saturated carbocycles. The van der Waals surface area contributed by atoms with Gasteiger partial charge in [-0.2, -0.15) is 0 Å². The molecule has 0 radical (unpaired) electrons. The van der Waals surface area contributed by atoms with E-state index >= 15 is 0 Å². The van der Waals surface area contributed by atoms with Crippen LogP contribution in [0.4, 0.5) is 5.82 Å². The monoisotopic (exact) mass is 505 g/mol. The lowest BCUT2D eigenvalue weighted by molar-refractivity contribution is 0.355. The van der Waals surface area contributed by atoms with E-state index in [0.29, 0.717) is 16.9 Å². The minimum Gasteiger partial charge on any atom is -0.493 e. The Labute approximate surface area is 214 Å². The number of rotatable bonds is 7. The third-order valence-electron chi connectivity index (χ3n) is 6.71. The van der Waals surface area contributed by atoms with Gasteiger partial charge in [-0.3, -0.25) is 9.36 Å². The predicted octanol–water partition coefficient (Wildman–Crippen LogP) is 5.01. The lowest BCUT2D eigenvalue weighted by Gasteiger charge is -2.34. The molecule has 5 rings (SSSR count). The molecule has 0 unspecified atom stereocenters. The van der Waals surface area contributed by atoms with E-state index in [2.05, 4.69) is 21.8 Å².